The Morgan fingerprint density at radius 3 is 2.30 bits per heavy atom. The van der Waals surface area contributed by atoms with Crippen molar-refractivity contribution in [3.8, 4) is 0 Å². The number of hydrogen-bond acceptors (Lipinski definition) is 5. The largest absolute Gasteiger partial charge is 0.380 e. The number of amidine groups is 1. The molecule has 0 fully saturated rings. The quantitative estimate of drug-likeness (QED) is 0.307. The topological polar surface area (TPSA) is 108 Å². The first-order valence-electron chi connectivity index (χ1n) is 6.75. The summed E-state index contributed by atoms with van der Waals surface area (Å²) in [7, 11) is 0. The van der Waals surface area contributed by atoms with Crippen LogP contribution in [0.2, 0.25) is 0 Å². The predicted octanol–water partition coefficient (Wildman–Crippen LogP) is 2.69. The summed E-state index contributed by atoms with van der Waals surface area (Å²) in [4.78, 5) is 26.9. The molecule has 0 aliphatic carbocycles. The fourth-order valence-corrected chi connectivity index (χ4v) is 1.91. The minimum absolute atomic E-state index is 0.0655. The Bertz CT molecular complexity index is 782. The van der Waals surface area contributed by atoms with Crippen LogP contribution in [0.1, 0.15) is 27.0 Å². The number of aryl methyl sites for hydroxylation is 2. The molecule has 0 spiro atoms. The zero-order valence-electron chi connectivity index (χ0n) is 12.6. The highest BCUT2D eigenvalue weighted by Gasteiger charge is 2.15. The van der Waals surface area contributed by atoms with E-state index >= 15 is 0 Å². The molecule has 0 heterocycles. The van der Waals surface area contributed by atoms with Crippen LogP contribution in [0.5, 0.6) is 0 Å². The lowest BCUT2D eigenvalue weighted by atomic mass is 10.1. The maximum Gasteiger partial charge on any atom is 0.365 e. The van der Waals surface area contributed by atoms with Crippen molar-refractivity contribution in [1.82, 2.24) is 0 Å². The molecule has 7 heteroatoms. The highest BCUT2D eigenvalue weighted by molar-refractivity contribution is 5.98. The van der Waals surface area contributed by atoms with E-state index in [0.29, 0.717) is 11.1 Å². The minimum Gasteiger partial charge on any atom is -0.380 e. The number of nitro groups is 1. The average molecular weight is 313 g/mol. The Balaban J connectivity index is 2.12. The van der Waals surface area contributed by atoms with Gasteiger partial charge in [-0.3, -0.25) is 10.1 Å². The molecule has 0 atom stereocenters. The lowest BCUT2D eigenvalue weighted by Crippen LogP contribution is -2.15. The molecule has 118 valence electrons. The van der Waals surface area contributed by atoms with Crippen LogP contribution in [0.15, 0.2) is 47.6 Å². The summed E-state index contributed by atoms with van der Waals surface area (Å²) >= 11 is 0. The molecule has 2 rings (SSSR count). The molecule has 0 aliphatic heterocycles. The normalized spacial score (nSPS) is 11.1. The second-order valence-electron chi connectivity index (χ2n) is 4.98. The molecule has 0 radical (unpaired) electrons. The average Bonchev–Trinajstić information content (AvgIpc) is 2.52. The third kappa shape index (κ3) is 3.91. The van der Waals surface area contributed by atoms with Crippen molar-refractivity contribution >= 4 is 17.5 Å². The maximum atomic E-state index is 11.9. The molecule has 0 amide bonds. The predicted molar refractivity (Wildman–Crippen MR) is 85.2 cm³/mol. The molecular weight excluding hydrogens is 298 g/mol. The van der Waals surface area contributed by atoms with E-state index < -0.39 is 10.9 Å². The van der Waals surface area contributed by atoms with Crippen LogP contribution in [0, 0.1) is 24.0 Å². The third-order valence-electron chi connectivity index (χ3n) is 3.20. The van der Waals surface area contributed by atoms with E-state index in [1.165, 1.54) is 18.2 Å². The number of hydrogen-bond donors (Lipinski definition) is 1. The summed E-state index contributed by atoms with van der Waals surface area (Å²) in [6, 6.07) is 11.2. The number of nitrogens with zero attached hydrogens (tertiary/aromatic N) is 2. The van der Waals surface area contributed by atoms with Crippen LogP contribution in [-0.2, 0) is 4.84 Å². The van der Waals surface area contributed by atoms with Gasteiger partial charge in [-0.15, -0.1) is 0 Å². The molecular formula is C16H15N3O4. The van der Waals surface area contributed by atoms with Crippen LogP contribution >= 0.6 is 0 Å². The molecule has 2 aromatic rings. The summed E-state index contributed by atoms with van der Waals surface area (Å²) in [5.41, 5.74) is 7.90. The minimum atomic E-state index is -0.738. The monoisotopic (exact) mass is 313 g/mol. The van der Waals surface area contributed by atoms with Gasteiger partial charge in [0.25, 0.3) is 5.69 Å². The highest BCUT2D eigenvalue weighted by Crippen LogP contribution is 2.19. The van der Waals surface area contributed by atoms with Gasteiger partial charge in [0.15, 0.2) is 5.84 Å². The third-order valence-corrected chi connectivity index (χ3v) is 3.20. The van der Waals surface area contributed by atoms with Crippen LogP contribution < -0.4 is 5.73 Å². The number of rotatable bonds is 4. The van der Waals surface area contributed by atoms with Gasteiger partial charge in [-0.05, 0) is 26.0 Å². The summed E-state index contributed by atoms with van der Waals surface area (Å²) in [6.45, 7) is 3.48. The van der Waals surface area contributed by atoms with Crippen molar-refractivity contribution in [2.24, 2.45) is 10.9 Å². The van der Waals surface area contributed by atoms with Crippen LogP contribution in [-0.4, -0.2) is 16.7 Å². The summed E-state index contributed by atoms with van der Waals surface area (Å²) in [5, 5.41) is 14.3. The van der Waals surface area contributed by atoms with Crippen molar-refractivity contribution in [3.05, 3.63) is 74.8 Å². The molecule has 0 saturated heterocycles. The fraction of sp³-hybridized carbons (Fsp3) is 0.125. The lowest BCUT2D eigenvalue weighted by Gasteiger charge is -2.03. The number of nitrogens with two attached hydrogens (primary N) is 1. The van der Waals surface area contributed by atoms with Gasteiger partial charge >= 0.3 is 5.97 Å². The maximum absolute atomic E-state index is 11.9. The summed E-state index contributed by atoms with van der Waals surface area (Å²) in [6.07, 6.45) is 0. The van der Waals surface area contributed by atoms with Crippen molar-refractivity contribution < 1.29 is 14.6 Å². The van der Waals surface area contributed by atoms with E-state index in [0.717, 1.165) is 5.56 Å². The Morgan fingerprint density at radius 2 is 1.74 bits per heavy atom. The highest BCUT2D eigenvalue weighted by atomic mass is 16.7. The van der Waals surface area contributed by atoms with E-state index in [1.54, 1.807) is 19.1 Å². The Hall–Kier alpha value is -3.22. The molecule has 0 aliphatic rings. The second kappa shape index (κ2) is 6.69. The molecule has 0 aromatic heterocycles. The number of carbonyl (C=O) groups is 1. The molecule has 23 heavy (non-hydrogen) atoms. The van der Waals surface area contributed by atoms with Crippen molar-refractivity contribution in [2.45, 2.75) is 13.8 Å². The van der Waals surface area contributed by atoms with E-state index in [4.69, 9.17) is 10.6 Å². The van der Waals surface area contributed by atoms with Crippen LogP contribution in [0.4, 0.5) is 5.69 Å². The summed E-state index contributed by atoms with van der Waals surface area (Å²) < 4.78 is 0. The number of carbonyl (C=O) groups excluding carboxylic acids is 1. The lowest BCUT2D eigenvalue weighted by molar-refractivity contribution is -0.385. The number of oxime groups is 1. The van der Waals surface area contributed by atoms with Gasteiger partial charge in [0.1, 0.15) is 0 Å². The first-order chi connectivity index (χ1) is 10.9. The van der Waals surface area contributed by atoms with Crippen molar-refractivity contribution in [2.75, 3.05) is 0 Å². The molecule has 2 N–H and O–H groups in total. The first-order valence-corrected chi connectivity index (χ1v) is 6.75. The second-order valence-corrected chi connectivity index (χ2v) is 4.98. The Labute approximate surface area is 132 Å². The van der Waals surface area contributed by atoms with Gasteiger partial charge in [0.2, 0.25) is 0 Å². The Morgan fingerprint density at radius 1 is 1.13 bits per heavy atom. The molecule has 0 unspecified atom stereocenters. The van der Waals surface area contributed by atoms with E-state index in [2.05, 4.69) is 5.16 Å². The van der Waals surface area contributed by atoms with Gasteiger partial charge in [-0.25, -0.2) is 4.79 Å². The van der Waals surface area contributed by atoms with Gasteiger partial charge in [-0.2, -0.15) is 0 Å². The molecule has 0 bridgehead atoms. The Kier molecular flexibility index (Phi) is 4.70. The van der Waals surface area contributed by atoms with Crippen molar-refractivity contribution in [1.29, 1.82) is 0 Å². The first kappa shape index (κ1) is 16.2. The van der Waals surface area contributed by atoms with Crippen LogP contribution in [0.25, 0.3) is 0 Å². The molecule has 0 saturated carbocycles. The SMILES string of the molecule is Cc1ccc(/C(N)=N\OC(=O)c2ccc([N+](=O)[O-])c(C)c2)cc1. The number of benzene rings is 2. The van der Waals surface area contributed by atoms with E-state index in [9.17, 15) is 14.9 Å². The standard InChI is InChI=1S/C16H15N3O4/c1-10-3-5-12(6-4-10)15(17)18-23-16(20)13-7-8-14(19(21)22)11(2)9-13/h3-9H,1-2H3,(H2,17,18). The van der Waals surface area contributed by atoms with Crippen molar-refractivity contribution in [3.63, 3.8) is 0 Å². The van der Waals surface area contributed by atoms with Gasteiger partial charge in [-0.1, -0.05) is 35.0 Å². The van der Waals surface area contributed by atoms with Crippen LogP contribution in [0.3, 0.4) is 0 Å². The molecule has 7 nitrogen and oxygen atoms in total. The smallest absolute Gasteiger partial charge is 0.365 e. The fourth-order valence-electron chi connectivity index (χ4n) is 1.91. The zero-order valence-corrected chi connectivity index (χ0v) is 12.6. The summed E-state index contributed by atoms with van der Waals surface area (Å²) in [5.74, 6) is -0.671. The van der Waals surface area contributed by atoms with E-state index in [1.807, 2.05) is 19.1 Å². The van der Waals surface area contributed by atoms with Gasteiger partial charge < -0.3 is 10.6 Å². The zero-order chi connectivity index (χ0) is 17.0. The molecule has 2 aromatic carbocycles. The van der Waals surface area contributed by atoms with Gasteiger partial charge in [0, 0.05) is 17.2 Å². The van der Waals surface area contributed by atoms with Gasteiger partial charge in [0.05, 0.1) is 10.5 Å². The van der Waals surface area contributed by atoms with E-state index in [-0.39, 0.29) is 17.1 Å². The number of nitro benzene ring substituents is 1.